The number of aromatic nitrogens is 3. The zero-order chi connectivity index (χ0) is 22.2. The molecule has 0 amide bonds. The molecule has 0 saturated carbocycles. The van der Waals surface area contributed by atoms with Crippen LogP contribution in [0.2, 0.25) is 0 Å². The van der Waals surface area contributed by atoms with E-state index in [4.69, 9.17) is 0 Å². The Morgan fingerprint density at radius 1 is 1.03 bits per heavy atom. The van der Waals surface area contributed by atoms with E-state index in [0.717, 1.165) is 19.3 Å². The maximum absolute atomic E-state index is 2.62. The number of benzene rings is 1. The van der Waals surface area contributed by atoms with Gasteiger partial charge >= 0.3 is 0 Å². The van der Waals surface area contributed by atoms with Crippen molar-refractivity contribution in [3.63, 3.8) is 0 Å². The quantitative estimate of drug-likeness (QED) is 0.403. The van der Waals surface area contributed by atoms with Crippen LogP contribution in [0.25, 0.3) is 40.2 Å². The number of allylic oxidation sites excluding steroid dienone is 1. The Morgan fingerprint density at radius 3 is 2.66 bits per heavy atom. The summed E-state index contributed by atoms with van der Waals surface area (Å²) in [6.45, 7) is 6.88. The van der Waals surface area contributed by atoms with E-state index in [1.165, 1.54) is 49.5 Å². The largest absolute Gasteiger partial charge is 0.337 e. The highest BCUT2D eigenvalue weighted by atomic mass is 15.1. The molecule has 162 valence electrons. The van der Waals surface area contributed by atoms with Crippen molar-refractivity contribution in [1.29, 1.82) is 0 Å². The molecule has 0 bridgehead atoms. The summed E-state index contributed by atoms with van der Waals surface area (Å²) in [6.07, 6.45) is 12.9. The van der Waals surface area contributed by atoms with E-state index in [9.17, 15) is 0 Å². The van der Waals surface area contributed by atoms with Gasteiger partial charge in [-0.3, -0.25) is 0 Å². The molecule has 2 aliphatic carbocycles. The molecule has 32 heavy (non-hydrogen) atoms. The van der Waals surface area contributed by atoms with Crippen molar-refractivity contribution in [2.45, 2.75) is 51.5 Å². The average Bonchev–Trinajstić information content (AvgIpc) is 3.26. The fraction of sp³-hybridized carbons (Fsp3) is 0.345. The lowest BCUT2D eigenvalue weighted by Gasteiger charge is -2.21. The zero-order valence-electron chi connectivity index (χ0n) is 19.8. The second-order valence-electron chi connectivity index (χ2n) is 10.5. The summed E-state index contributed by atoms with van der Waals surface area (Å²) in [5.41, 5.74) is 7.05. The third-order valence-electron chi connectivity index (χ3n) is 7.47. The SMILES string of the molecule is Cn1c2c(c3ccc(C(C)(C)C)[n+](C)c31)=CC(n1c3c(c4ccccc41)C=CCC3)CC=2. The van der Waals surface area contributed by atoms with E-state index in [0.29, 0.717) is 6.04 Å². The van der Waals surface area contributed by atoms with Crippen LogP contribution in [0, 0.1) is 0 Å². The van der Waals surface area contributed by atoms with Crippen LogP contribution in [0.3, 0.4) is 0 Å². The third kappa shape index (κ3) is 2.63. The van der Waals surface area contributed by atoms with Gasteiger partial charge in [0.05, 0.1) is 25.5 Å². The highest BCUT2D eigenvalue weighted by Gasteiger charge is 2.27. The Bertz CT molecular complexity index is 1550. The molecule has 3 heteroatoms. The molecule has 0 aliphatic heterocycles. The number of pyridine rings is 1. The Kier molecular flexibility index (Phi) is 4.11. The van der Waals surface area contributed by atoms with Crippen LogP contribution in [0.5, 0.6) is 0 Å². The molecule has 0 fully saturated rings. The van der Waals surface area contributed by atoms with Gasteiger partial charge in [0.15, 0.2) is 0 Å². The van der Waals surface area contributed by atoms with Crippen molar-refractivity contribution >= 4 is 40.2 Å². The first-order chi connectivity index (χ1) is 15.4. The summed E-state index contributed by atoms with van der Waals surface area (Å²) in [7, 11) is 4.43. The van der Waals surface area contributed by atoms with Crippen LogP contribution in [0.4, 0.5) is 0 Å². The number of hydrogen-bond donors (Lipinski definition) is 0. The van der Waals surface area contributed by atoms with Gasteiger partial charge in [0, 0.05) is 32.8 Å². The van der Waals surface area contributed by atoms with Crippen molar-refractivity contribution in [3.8, 4) is 0 Å². The van der Waals surface area contributed by atoms with Crippen LogP contribution in [-0.4, -0.2) is 9.13 Å². The standard InChI is InChI=1S/C29H32N3/c1-29(2,3)27-17-15-22-23-18-19(14-16-24(23)30(4)28(22)31(27)5)32-25-12-8-6-10-20(25)21-11-7-9-13-26(21)32/h6-8,10-12,15-19H,9,13-14H2,1-5H3/q+1. The first-order valence-corrected chi connectivity index (χ1v) is 11.8. The highest BCUT2D eigenvalue weighted by Crippen LogP contribution is 2.35. The number of para-hydroxylation sites is 1. The van der Waals surface area contributed by atoms with Crippen molar-refractivity contribution in [3.05, 3.63) is 70.0 Å². The van der Waals surface area contributed by atoms with Crippen LogP contribution in [0.15, 0.2) is 42.5 Å². The molecular formula is C29H32N3+. The fourth-order valence-corrected chi connectivity index (χ4v) is 6.12. The number of aryl methyl sites for hydroxylation is 2. The maximum Gasteiger partial charge on any atom is 0.289 e. The minimum absolute atomic E-state index is 0.111. The van der Waals surface area contributed by atoms with Gasteiger partial charge in [-0.1, -0.05) is 51.1 Å². The average molecular weight is 423 g/mol. The number of nitrogens with zero attached hydrogens (tertiary/aromatic N) is 3. The summed E-state index contributed by atoms with van der Waals surface area (Å²) >= 11 is 0. The maximum atomic E-state index is 2.62. The molecule has 4 aromatic rings. The summed E-state index contributed by atoms with van der Waals surface area (Å²) in [5.74, 6) is 0. The van der Waals surface area contributed by atoms with Crippen LogP contribution in [-0.2, 0) is 25.9 Å². The van der Waals surface area contributed by atoms with Gasteiger partial charge in [-0.15, -0.1) is 0 Å². The molecule has 3 nitrogen and oxygen atoms in total. The number of hydrogen-bond acceptors (Lipinski definition) is 0. The van der Waals surface area contributed by atoms with E-state index in [-0.39, 0.29) is 5.41 Å². The van der Waals surface area contributed by atoms with Crippen LogP contribution in [0.1, 0.15) is 56.6 Å². The van der Waals surface area contributed by atoms with E-state index in [2.05, 4.69) is 109 Å². The van der Waals surface area contributed by atoms with Gasteiger partial charge in [-0.2, -0.15) is 0 Å². The minimum Gasteiger partial charge on any atom is -0.337 e. The molecular weight excluding hydrogens is 390 g/mol. The number of rotatable bonds is 1. The Morgan fingerprint density at radius 2 is 1.84 bits per heavy atom. The zero-order valence-corrected chi connectivity index (χ0v) is 19.8. The van der Waals surface area contributed by atoms with Gasteiger partial charge in [0.1, 0.15) is 11.0 Å². The Hall–Kier alpha value is -3.07. The molecule has 6 rings (SSSR count). The predicted octanol–water partition coefficient (Wildman–Crippen LogP) is 4.42. The van der Waals surface area contributed by atoms with E-state index in [1.807, 2.05) is 0 Å². The summed E-state index contributed by atoms with van der Waals surface area (Å²) < 4.78 is 7.40. The molecule has 0 spiro atoms. The second-order valence-corrected chi connectivity index (χ2v) is 10.5. The Labute approximate surface area is 189 Å². The molecule has 1 atom stereocenters. The topological polar surface area (TPSA) is 13.7 Å². The third-order valence-corrected chi connectivity index (χ3v) is 7.47. The van der Waals surface area contributed by atoms with E-state index in [1.54, 1.807) is 0 Å². The molecule has 0 N–H and O–H groups in total. The van der Waals surface area contributed by atoms with Crippen molar-refractivity contribution in [2.24, 2.45) is 14.1 Å². The van der Waals surface area contributed by atoms with E-state index >= 15 is 0 Å². The first-order valence-electron chi connectivity index (χ1n) is 11.8. The van der Waals surface area contributed by atoms with E-state index < -0.39 is 0 Å². The second kappa shape index (κ2) is 6.71. The molecule has 0 radical (unpaired) electrons. The fourth-order valence-electron chi connectivity index (χ4n) is 6.12. The lowest BCUT2D eigenvalue weighted by Crippen LogP contribution is -2.41. The number of fused-ring (bicyclic) bond motifs is 6. The lowest BCUT2D eigenvalue weighted by molar-refractivity contribution is -0.659. The van der Waals surface area contributed by atoms with Gasteiger partial charge in [0.25, 0.3) is 5.65 Å². The molecule has 1 aromatic carbocycles. The normalized spacial score (nSPS) is 17.8. The summed E-state index contributed by atoms with van der Waals surface area (Å²) in [5, 5.41) is 5.47. The minimum atomic E-state index is 0.111. The Balaban J connectivity index is 1.62. The van der Waals surface area contributed by atoms with Gasteiger partial charge in [-0.05, 0) is 49.6 Å². The molecule has 0 saturated heterocycles. The van der Waals surface area contributed by atoms with Crippen molar-refractivity contribution < 1.29 is 4.57 Å². The lowest BCUT2D eigenvalue weighted by atomic mass is 9.91. The smallest absolute Gasteiger partial charge is 0.289 e. The van der Waals surface area contributed by atoms with Crippen molar-refractivity contribution in [1.82, 2.24) is 9.13 Å². The highest BCUT2D eigenvalue weighted by molar-refractivity contribution is 5.92. The van der Waals surface area contributed by atoms with Gasteiger partial charge in [-0.25, -0.2) is 9.13 Å². The first kappa shape index (κ1) is 19.6. The predicted molar refractivity (Wildman–Crippen MR) is 134 cm³/mol. The summed E-state index contributed by atoms with van der Waals surface area (Å²) in [4.78, 5) is 0. The van der Waals surface area contributed by atoms with Crippen molar-refractivity contribution in [2.75, 3.05) is 0 Å². The van der Waals surface area contributed by atoms with Gasteiger partial charge in [0.2, 0.25) is 0 Å². The van der Waals surface area contributed by atoms with Gasteiger partial charge < -0.3 is 4.57 Å². The van der Waals surface area contributed by atoms with Crippen LogP contribution < -0.4 is 15.1 Å². The molecule has 3 heterocycles. The molecule has 3 aromatic heterocycles. The monoisotopic (exact) mass is 422 g/mol. The molecule has 2 aliphatic rings. The van der Waals surface area contributed by atoms with Crippen LogP contribution >= 0.6 is 0 Å². The molecule has 1 unspecified atom stereocenters. The summed E-state index contributed by atoms with van der Waals surface area (Å²) in [6, 6.07) is 13.9.